The number of nitrogens with zero attached hydrogens (tertiary/aromatic N) is 3. The standard InChI is InChI=1S/C21H24N4O3S/c1-4-25-19(14-7-5-6-8-16(14)24-25)20(26)23-21-22-17(12-29-21)15-11-13(27-2)9-10-18(15)28-3/h9-12H,4-8H2,1-3H3,(H,22,23,26). The average Bonchev–Trinajstić information content (AvgIpc) is 3.37. The summed E-state index contributed by atoms with van der Waals surface area (Å²) in [7, 11) is 3.24. The Morgan fingerprint density at radius 3 is 2.83 bits per heavy atom. The van der Waals surface area contributed by atoms with Crippen LogP contribution < -0.4 is 14.8 Å². The normalized spacial score (nSPS) is 13.1. The van der Waals surface area contributed by atoms with E-state index in [4.69, 9.17) is 9.47 Å². The maximum atomic E-state index is 13.0. The molecule has 0 radical (unpaired) electrons. The quantitative estimate of drug-likeness (QED) is 0.657. The van der Waals surface area contributed by atoms with E-state index in [2.05, 4.69) is 15.4 Å². The Morgan fingerprint density at radius 1 is 1.24 bits per heavy atom. The van der Waals surface area contributed by atoms with E-state index in [1.807, 2.05) is 35.2 Å². The summed E-state index contributed by atoms with van der Waals surface area (Å²) in [4.78, 5) is 17.6. The molecule has 0 aliphatic heterocycles. The van der Waals surface area contributed by atoms with Gasteiger partial charge in [0.25, 0.3) is 5.91 Å². The number of thiazole rings is 1. The van der Waals surface area contributed by atoms with Crippen LogP contribution in [0.1, 0.15) is 41.5 Å². The summed E-state index contributed by atoms with van der Waals surface area (Å²) in [6, 6.07) is 5.56. The van der Waals surface area contributed by atoms with Crippen LogP contribution in [-0.2, 0) is 19.4 Å². The molecule has 29 heavy (non-hydrogen) atoms. The molecular formula is C21H24N4O3S. The van der Waals surface area contributed by atoms with Crippen LogP contribution in [0.25, 0.3) is 11.3 Å². The molecule has 7 nitrogen and oxygen atoms in total. The van der Waals surface area contributed by atoms with Crippen LogP contribution in [0.2, 0.25) is 0 Å². The van der Waals surface area contributed by atoms with E-state index in [-0.39, 0.29) is 5.91 Å². The van der Waals surface area contributed by atoms with Gasteiger partial charge in [0, 0.05) is 23.1 Å². The highest BCUT2D eigenvalue weighted by Gasteiger charge is 2.25. The maximum Gasteiger partial charge on any atom is 0.276 e. The maximum absolute atomic E-state index is 13.0. The van der Waals surface area contributed by atoms with Crippen molar-refractivity contribution in [3.63, 3.8) is 0 Å². The van der Waals surface area contributed by atoms with Crippen molar-refractivity contribution in [1.29, 1.82) is 0 Å². The number of hydrogen-bond donors (Lipinski definition) is 1. The fraction of sp³-hybridized carbons (Fsp3) is 0.381. The van der Waals surface area contributed by atoms with Gasteiger partial charge in [0.15, 0.2) is 5.13 Å². The van der Waals surface area contributed by atoms with Crippen molar-refractivity contribution in [2.45, 2.75) is 39.2 Å². The molecule has 0 bridgehead atoms. The topological polar surface area (TPSA) is 78.3 Å². The molecule has 8 heteroatoms. The lowest BCUT2D eigenvalue weighted by Gasteiger charge is -2.11. The summed E-state index contributed by atoms with van der Waals surface area (Å²) in [5.74, 6) is 1.27. The van der Waals surface area contributed by atoms with Gasteiger partial charge in [0.2, 0.25) is 0 Å². The van der Waals surface area contributed by atoms with Crippen molar-refractivity contribution in [2.24, 2.45) is 0 Å². The zero-order valence-corrected chi connectivity index (χ0v) is 17.6. The Labute approximate surface area is 173 Å². The highest BCUT2D eigenvalue weighted by Crippen LogP contribution is 2.35. The number of nitrogens with one attached hydrogen (secondary N) is 1. The molecule has 0 saturated heterocycles. The van der Waals surface area contributed by atoms with Gasteiger partial charge in [-0.2, -0.15) is 5.10 Å². The molecule has 1 N–H and O–H groups in total. The number of benzene rings is 1. The van der Waals surface area contributed by atoms with Crippen molar-refractivity contribution >= 4 is 22.4 Å². The molecular weight excluding hydrogens is 388 g/mol. The Hall–Kier alpha value is -2.87. The fourth-order valence-electron chi connectivity index (χ4n) is 3.71. The molecule has 1 aliphatic rings. The second kappa shape index (κ2) is 8.24. The van der Waals surface area contributed by atoms with E-state index >= 15 is 0 Å². The minimum Gasteiger partial charge on any atom is -0.497 e. The summed E-state index contributed by atoms with van der Waals surface area (Å²) in [5, 5.41) is 10.0. The molecule has 2 aromatic heterocycles. The third-order valence-corrected chi connectivity index (χ3v) is 5.90. The van der Waals surface area contributed by atoms with Crippen molar-refractivity contribution in [3.05, 3.63) is 40.5 Å². The molecule has 0 saturated carbocycles. The third-order valence-electron chi connectivity index (χ3n) is 5.15. The summed E-state index contributed by atoms with van der Waals surface area (Å²) >= 11 is 1.38. The lowest BCUT2D eigenvalue weighted by atomic mass is 9.95. The van der Waals surface area contributed by atoms with Crippen LogP contribution in [0.3, 0.4) is 0 Å². The van der Waals surface area contributed by atoms with Crippen LogP contribution in [0.4, 0.5) is 5.13 Å². The number of aromatic nitrogens is 3. The largest absolute Gasteiger partial charge is 0.497 e. The second-order valence-corrected chi connectivity index (χ2v) is 7.71. The molecule has 0 unspecified atom stereocenters. The number of methoxy groups -OCH3 is 2. The first-order valence-corrected chi connectivity index (χ1v) is 10.6. The number of rotatable bonds is 6. The van der Waals surface area contributed by atoms with Crippen LogP contribution in [0.5, 0.6) is 11.5 Å². The Bertz CT molecular complexity index is 1040. The first-order chi connectivity index (χ1) is 14.1. The molecule has 2 heterocycles. The summed E-state index contributed by atoms with van der Waals surface area (Å²) in [5.41, 5.74) is 4.36. The van der Waals surface area contributed by atoms with Gasteiger partial charge in [-0.3, -0.25) is 14.8 Å². The summed E-state index contributed by atoms with van der Waals surface area (Å²) in [6.07, 6.45) is 4.08. The van der Waals surface area contributed by atoms with Crippen molar-refractivity contribution in [3.8, 4) is 22.8 Å². The van der Waals surface area contributed by atoms with Crippen molar-refractivity contribution < 1.29 is 14.3 Å². The molecule has 1 aromatic carbocycles. The van der Waals surface area contributed by atoms with E-state index in [9.17, 15) is 4.79 Å². The number of hydrogen-bond acceptors (Lipinski definition) is 6. The Balaban J connectivity index is 1.61. The number of aryl methyl sites for hydroxylation is 2. The molecule has 1 amide bonds. The average molecular weight is 413 g/mol. The first-order valence-electron chi connectivity index (χ1n) is 9.72. The summed E-state index contributed by atoms with van der Waals surface area (Å²) < 4.78 is 12.6. The molecule has 152 valence electrons. The minimum absolute atomic E-state index is 0.152. The predicted molar refractivity (Wildman–Crippen MR) is 113 cm³/mol. The van der Waals surface area contributed by atoms with Gasteiger partial charge in [-0.1, -0.05) is 0 Å². The predicted octanol–water partition coefficient (Wildman–Crippen LogP) is 4.17. The van der Waals surface area contributed by atoms with Gasteiger partial charge < -0.3 is 9.47 Å². The van der Waals surface area contributed by atoms with E-state index in [1.54, 1.807) is 14.2 Å². The van der Waals surface area contributed by atoms with Gasteiger partial charge in [-0.05, 0) is 50.8 Å². The fourth-order valence-corrected chi connectivity index (χ4v) is 4.42. The number of ether oxygens (including phenoxy) is 2. The zero-order valence-electron chi connectivity index (χ0n) is 16.8. The van der Waals surface area contributed by atoms with E-state index in [1.165, 1.54) is 11.3 Å². The van der Waals surface area contributed by atoms with Gasteiger partial charge in [0.05, 0.1) is 25.6 Å². The number of carbonyl (C=O) groups excluding carboxylic acids is 1. The second-order valence-electron chi connectivity index (χ2n) is 6.85. The van der Waals surface area contributed by atoms with Crippen LogP contribution >= 0.6 is 11.3 Å². The van der Waals surface area contributed by atoms with E-state index in [0.717, 1.165) is 53.9 Å². The van der Waals surface area contributed by atoms with Gasteiger partial charge in [-0.15, -0.1) is 11.3 Å². The van der Waals surface area contributed by atoms with Crippen molar-refractivity contribution in [1.82, 2.24) is 14.8 Å². The van der Waals surface area contributed by atoms with Gasteiger partial charge in [0.1, 0.15) is 17.2 Å². The molecule has 3 aromatic rings. The highest BCUT2D eigenvalue weighted by atomic mass is 32.1. The van der Waals surface area contributed by atoms with Gasteiger partial charge in [-0.25, -0.2) is 4.98 Å². The Kier molecular flexibility index (Phi) is 5.53. The SMILES string of the molecule is CCn1nc2c(c1C(=O)Nc1nc(-c3cc(OC)ccc3OC)cs1)CCCC2. The lowest BCUT2D eigenvalue weighted by molar-refractivity contribution is 0.101. The monoisotopic (exact) mass is 412 g/mol. The van der Waals surface area contributed by atoms with Gasteiger partial charge >= 0.3 is 0 Å². The van der Waals surface area contributed by atoms with Crippen LogP contribution in [-0.4, -0.2) is 34.9 Å². The smallest absolute Gasteiger partial charge is 0.276 e. The number of amides is 1. The molecule has 0 atom stereocenters. The third kappa shape index (κ3) is 3.72. The molecule has 1 aliphatic carbocycles. The summed E-state index contributed by atoms with van der Waals surface area (Å²) in [6.45, 7) is 2.67. The van der Waals surface area contributed by atoms with Crippen molar-refractivity contribution in [2.75, 3.05) is 19.5 Å². The first kappa shape index (κ1) is 19.4. The zero-order chi connectivity index (χ0) is 20.4. The number of anilines is 1. The highest BCUT2D eigenvalue weighted by molar-refractivity contribution is 7.14. The van der Waals surface area contributed by atoms with E-state index in [0.29, 0.717) is 23.1 Å². The number of fused-ring (bicyclic) bond motifs is 1. The van der Waals surface area contributed by atoms with Crippen LogP contribution in [0, 0.1) is 0 Å². The lowest BCUT2D eigenvalue weighted by Crippen LogP contribution is -2.19. The molecule has 0 fully saturated rings. The molecule has 4 rings (SSSR count). The minimum atomic E-state index is -0.152. The van der Waals surface area contributed by atoms with Crippen LogP contribution in [0.15, 0.2) is 23.6 Å². The van der Waals surface area contributed by atoms with E-state index < -0.39 is 0 Å². The molecule has 0 spiro atoms. The number of carbonyl (C=O) groups is 1. The Morgan fingerprint density at radius 2 is 2.07 bits per heavy atom.